The van der Waals surface area contributed by atoms with E-state index < -0.39 is 24.5 Å². The van der Waals surface area contributed by atoms with Crippen molar-refractivity contribution in [1.29, 1.82) is 0 Å². The molecule has 3 aromatic rings. The highest BCUT2D eigenvalue weighted by Gasteiger charge is 2.18. The van der Waals surface area contributed by atoms with Gasteiger partial charge in [0.2, 0.25) is 0 Å². The van der Waals surface area contributed by atoms with Crippen molar-refractivity contribution in [3.05, 3.63) is 95.1 Å². The lowest BCUT2D eigenvalue weighted by Crippen LogP contribution is -2.20. The van der Waals surface area contributed by atoms with E-state index in [-0.39, 0.29) is 31.3 Å². The number of aliphatic hydroxyl groups is 2. The van der Waals surface area contributed by atoms with Crippen LogP contribution in [0, 0.1) is 18.8 Å². The number of benzene rings is 3. The molecule has 236 valence electrons. The Balaban J connectivity index is 1.76. The molecule has 3 aromatic carbocycles. The SMILES string of the molecule is C=C(CO)C(=O)OCCC(CCOC(=O)C(C)CO)Cc1ccc(-c2ccc(-c3ccc(CCC)cc3)c(C)c2)c(CC)c1. The van der Waals surface area contributed by atoms with E-state index in [1.54, 1.807) is 6.92 Å². The van der Waals surface area contributed by atoms with Crippen LogP contribution >= 0.6 is 0 Å². The molecule has 0 radical (unpaired) electrons. The van der Waals surface area contributed by atoms with Crippen molar-refractivity contribution in [3.8, 4) is 22.3 Å². The van der Waals surface area contributed by atoms with E-state index in [4.69, 9.17) is 14.6 Å². The third-order valence-electron chi connectivity index (χ3n) is 8.10. The summed E-state index contributed by atoms with van der Waals surface area (Å²) in [5.74, 6) is -1.52. The molecule has 6 heteroatoms. The number of esters is 2. The molecule has 0 fully saturated rings. The van der Waals surface area contributed by atoms with E-state index >= 15 is 0 Å². The molecule has 2 atom stereocenters. The molecule has 0 spiro atoms. The Morgan fingerprint density at radius 1 is 0.841 bits per heavy atom. The number of carbonyl (C=O) groups is 2. The van der Waals surface area contributed by atoms with Gasteiger partial charge in [-0.3, -0.25) is 4.79 Å². The van der Waals surface area contributed by atoms with Crippen LogP contribution in [0.15, 0.2) is 72.8 Å². The molecule has 0 heterocycles. The number of aryl methyl sites for hydroxylation is 3. The van der Waals surface area contributed by atoms with Gasteiger partial charge in [0.25, 0.3) is 0 Å². The Hall–Kier alpha value is -3.74. The summed E-state index contributed by atoms with van der Waals surface area (Å²) in [5.41, 5.74) is 9.92. The average Bonchev–Trinajstić information content (AvgIpc) is 3.04. The number of ether oxygens (including phenoxy) is 2. The minimum Gasteiger partial charge on any atom is -0.465 e. The first-order valence-electron chi connectivity index (χ1n) is 15.8. The Morgan fingerprint density at radius 2 is 1.48 bits per heavy atom. The highest BCUT2D eigenvalue weighted by atomic mass is 16.5. The van der Waals surface area contributed by atoms with Crippen LogP contribution in [0.3, 0.4) is 0 Å². The summed E-state index contributed by atoms with van der Waals surface area (Å²) in [5, 5.41) is 18.4. The first-order valence-corrected chi connectivity index (χ1v) is 15.8. The van der Waals surface area contributed by atoms with Crippen LogP contribution in [0.2, 0.25) is 0 Å². The fraction of sp³-hybridized carbons (Fsp3) is 0.421. The maximum absolute atomic E-state index is 12.1. The normalized spacial score (nSPS) is 12.4. The molecule has 0 aromatic heterocycles. The van der Waals surface area contributed by atoms with Gasteiger partial charge < -0.3 is 19.7 Å². The molecule has 44 heavy (non-hydrogen) atoms. The molecule has 0 bridgehead atoms. The minimum atomic E-state index is -0.609. The summed E-state index contributed by atoms with van der Waals surface area (Å²) in [6, 6.07) is 22.2. The zero-order valence-electron chi connectivity index (χ0n) is 26.7. The second-order valence-electron chi connectivity index (χ2n) is 11.6. The van der Waals surface area contributed by atoms with Gasteiger partial charge in [0.05, 0.1) is 37.9 Å². The van der Waals surface area contributed by atoms with Gasteiger partial charge in [-0.15, -0.1) is 0 Å². The van der Waals surface area contributed by atoms with Gasteiger partial charge in [-0.05, 0) is 96.4 Å². The van der Waals surface area contributed by atoms with E-state index in [0.29, 0.717) is 12.8 Å². The highest BCUT2D eigenvalue weighted by molar-refractivity contribution is 5.87. The first-order chi connectivity index (χ1) is 21.2. The van der Waals surface area contributed by atoms with E-state index in [2.05, 4.69) is 88.0 Å². The van der Waals surface area contributed by atoms with Crippen molar-refractivity contribution in [3.63, 3.8) is 0 Å². The van der Waals surface area contributed by atoms with Gasteiger partial charge in [-0.2, -0.15) is 0 Å². The molecular formula is C38H48O6. The fourth-order valence-electron chi connectivity index (χ4n) is 5.35. The van der Waals surface area contributed by atoms with Gasteiger partial charge in [0.1, 0.15) is 0 Å². The summed E-state index contributed by atoms with van der Waals surface area (Å²) >= 11 is 0. The molecule has 0 aliphatic heterocycles. The largest absolute Gasteiger partial charge is 0.465 e. The molecule has 3 rings (SSSR count). The van der Waals surface area contributed by atoms with E-state index in [0.717, 1.165) is 31.2 Å². The van der Waals surface area contributed by atoms with Crippen molar-refractivity contribution >= 4 is 11.9 Å². The quantitative estimate of drug-likeness (QED) is 0.127. The second kappa shape index (κ2) is 17.5. The highest BCUT2D eigenvalue weighted by Crippen LogP contribution is 2.32. The van der Waals surface area contributed by atoms with Crippen molar-refractivity contribution in [2.75, 3.05) is 26.4 Å². The second-order valence-corrected chi connectivity index (χ2v) is 11.6. The molecule has 0 aliphatic rings. The Morgan fingerprint density at radius 3 is 2.09 bits per heavy atom. The zero-order chi connectivity index (χ0) is 32.1. The minimum absolute atomic E-state index is 0.0183. The third kappa shape index (κ3) is 9.90. The van der Waals surface area contributed by atoms with Crippen LogP contribution in [0.5, 0.6) is 0 Å². The maximum Gasteiger partial charge on any atom is 0.335 e. The van der Waals surface area contributed by atoms with E-state index in [1.165, 1.54) is 38.9 Å². The first kappa shape index (κ1) is 34.7. The summed E-state index contributed by atoms with van der Waals surface area (Å²) in [6.45, 7) is 11.4. The van der Waals surface area contributed by atoms with Crippen LogP contribution in [0.1, 0.15) is 62.3 Å². The fourth-order valence-corrected chi connectivity index (χ4v) is 5.35. The van der Waals surface area contributed by atoms with Crippen LogP contribution in [0.4, 0.5) is 0 Å². The van der Waals surface area contributed by atoms with Crippen molar-refractivity contribution < 1.29 is 29.3 Å². The standard InChI is InChI=1S/C38H48O6/c1-6-8-29-9-12-33(13-10-29)35-16-14-34(21-26(35)3)36-15-11-31(23-32(36)7-2)22-30(17-19-43-37(41)27(4)24-39)18-20-44-38(42)28(5)25-40/h9-16,21,23,28,30,39-40H,4,6-8,17-20,22,24-25H2,1-3,5H3. The average molecular weight is 601 g/mol. The Kier molecular flexibility index (Phi) is 13.8. The van der Waals surface area contributed by atoms with Crippen molar-refractivity contribution in [2.45, 2.75) is 66.2 Å². The lowest BCUT2D eigenvalue weighted by molar-refractivity contribution is -0.149. The topological polar surface area (TPSA) is 93.1 Å². The van der Waals surface area contributed by atoms with Crippen molar-refractivity contribution in [2.24, 2.45) is 11.8 Å². The summed E-state index contributed by atoms with van der Waals surface area (Å²) < 4.78 is 10.7. The predicted molar refractivity (Wildman–Crippen MR) is 176 cm³/mol. The van der Waals surface area contributed by atoms with Gasteiger partial charge in [0.15, 0.2) is 0 Å². The van der Waals surface area contributed by atoms with Crippen LogP contribution < -0.4 is 0 Å². The smallest absolute Gasteiger partial charge is 0.335 e. The van der Waals surface area contributed by atoms with Crippen LogP contribution in [0.25, 0.3) is 22.3 Å². The van der Waals surface area contributed by atoms with Gasteiger partial charge in [-0.1, -0.05) is 87.5 Å². The number of rotatable bonds is 17. The van der Waals surface area contributed by atoms with Crippen molar-refractivity contribution in [1.82, 2.24) is 0 Å². The molecule has 6 nitrogen and oxygen atoms in total. The number of carbonyl (C=O) groups excluding carboxylic acids is 2. The summed E-state index contributed by atoms with van der Waals surface area (Å²) in [4.78, 5) is 24.0. The third-order valence-corrected chi connectivity index (χ3v) is 8.10. The molecule has 0 aliphatic carbocycles. The van der Waals surface area contributed by atoms with Gasteiger partial charge in [-0.25, -0.2) is 4.79 Å². The van der Waals surface area contributed by atoms with Crippen LogP contribution in [-0.2, 0) is 38.3 Å². The molecule has 0 amide bonds. The van der Waals surface area contributed by atoms with Gasteiger partial charge >= 0.3 is 11.9 Å². The molecular weight excluding hydrogens is 552 g/mol. The number of aliphatic hydroxyl groups excluding tert-OH is 2. The lowest BCUT2D eigenvalue weighted by atomic mass is 9.88. The molecule has 0 saturated heterocycles. The number of hydrogen-bond acceptors (Lipinski definition) is 6. The predicted octanol–water partition coefficient (Wildman–Crippen LogP) is 7.05. The Bertz CT molecular complexity index is 1390. The van der Waals surface area contributed by atoms with Crippen LogP contribution in [-0.4, -0.2) is 48.6 Å². The summed E-state index contributed by atoms with van der Waals surface area (Å²) in [7, 11) is 0. The maximum atomic E-state index is 12.1. The Labute approximate surface area is 262 Å². The monoisotopic (exact) mass is 600 g/mol. The molecule has 0 saturated carbocycles. The van der Waals surface area contributed by atoms with Gasteiger partial charge in [0, 0.05) is 0 Å². The molecule has 2 unspecified atom stereocenters. The molecule has 2 N–H and O–H groups in total. The van der Waals surface area contributed by atoms with E-state index in [1.807, 2.05) is 0 Å². The zero-order valence-corrected chi connectivity index (χ0v) is 26.7. The summed E-state index contributed by atoms with van der Waals surface area (Å²) in [6.07, 6.45) is 5.01. The number of hydrogen-bond donors (Lipinski definition) is 2. The van der Waals surface area contributed by atoms with E-state index in [9.17, 15) is 14.7 Å². The lowest BCUT2D eigenvalue weighted by Gasteiger charge is -2.19.